The quantitative estimate of drug-likeness (QED) is 0.908. The van der Waals surface area contributed by atoms with Crippen molar-refractivity contribution >= 4 is 17.5 Å². The van der Waals surface area contributed by atoms with E-state index in [0.717, 1.165) is 44.2 Å². The van der Waals surface area contributed by atoms with Crippen LogP contribution in [-0.2, 0) is 0 Å². The van der Waals surface area contributed by atoms with Crippen LogP contribution in [0.25, 0.3) is 0 Å². The fraction of sp³-hybridized carbons (Fsp3) is 0.471. The van der Waals surface area contributed by atoms with E-state index in [1.807, 2.05) is 12.1 Å². The van der Waals surface area contributed by atoms with E-state index in [2.05, 4.69) is 44.1 Å². The second kappa shape index (κ2) is 7.42. The Labute approximate surface area is 141 Å². The van der Waals surface area contributed by atoms with Crippen LogP contribution in [-0.4, -0.2) is 47.9 Å². The summed E-state index contributed by atoms with van der Waals surface area (Å²) >= 11 is 0. The number of hydrogen-bond acceptors (Lipinski definition) is 6. The van der Waals surface area contributed by atoms with Gasteiger partial charge in [0, 0.05) is 38.4 Å². The predicted molar refractivity (Wildman–Crippen MR) is 94.0 cm³/mol. The Morgan fingerprint density at radius 3 is 2.42 bits per heavy atom. The third-order valence-electron chi connectivity index (χ3n) is 3.99. The predicted octanol–water partition coefficient (Wildman–Crippen LogP) is 2.41. The maximum absolute atomic E-state index is 13.0. The van der Waals surface area contributed by atoms with Gasteiger partial charge in [0.1, 0.15) is 5.82 Å². The molecular formula is C17H23FN6. The molecule has 0 spiro atoms. The highest BCUT2D eigenvalue weighted by Gasteiger charge is 2.20. The maximum atomic E-state index is 13.0. The lowest BCUT2D eigenvalue weighted by Gasteiger charge is -2.35. The number of piperazine rings is 1. The van der Waals surface area contributed by atoms with Crippen LogP contribution in [0.15, 0.2) is 30.5 Å². The lowest BCUT2D eigenvalue weighted by Crippen LogP contribution is -2.47. The fourth-order valence-corrected chi connectivity index (χ4v) is 2.64. The van der Waals surface area contributed by atoms with Crippen molar-refractivity contribution in [3.63, 3.8) is 0 Å². The second-order valence-electron chi connectivity index (χ2n) is 6.37. The van der Waals surface area contributed by atoms with E-state index in [-0.39, 0.29) is 5.82 Å². The Hall–Kier alpha value is -2.44. The van der Waals surface area contributed by atoms with Crippen LogP contribution in [0.3, 0.4) is 0 Å². The number of anilines is 3. The number of benzene rings is 1. The summed E-state index contributed by atoms with van der Waals surface area (Å²) < 4.78 is 13.0. The van der Waals surface area contributed by atoms with Gasteiger partial charge in [0.05, 0.1) is 6.20 Å². The maximum Gasteiger partial charge on any atom is 0.247 e. The normalized spacial score (nSPS) is 15.0. The van der Waals surface area contributed by atoms with E-state index < -0.39 is 0 Å². The minimum Gasteiger partial charge on any atom is -0.368 e. The van der Waals surface area contributed by atoms with Crippen molar-refractivity contribution in [1.82, 2.24) is 15.2 Å². The summed E-state index contributed by atoms with van der Waals surface area (Å²) in [7, 11) is 0. The van der Waals surface area contributed by atoms with Crippen LogP contribution >= 0.6 is 0 Å². The van der Waals surface area contributed by atoms with Crippen molar-refractivity contribution in [2.45, 2.75) is 13.8 Å². The van der Waals surface area contributed by atoms with Gasteiger partial charge in [0.15, 0.2) is 5.82 Å². The molecule has 0 amide bonds. The van der Waals surface area contributed by atoms with Gasteiger partial charge >= 0.3 is 0 Å². The SMILES string of the molecule is CC(C)CNc1cnnc(N2CCN(c3ccc(F)cc3)CC2)n1. The average Bonchev–Trinajstić information content (AvgIpc) is 2.61. The van der Waals surface area contributed by atoms with Crippen LogP contribution in [0.5, 0.6) is 0 Å². The van der Waals surface area contributed by atoms with E-state index in [4.69, 9.17) is 0 Å². The summed E-state index contributed by atoms with van der Waals surface area (Å²) in [5.41, 5.74) is 1.04. The van der Waals surface area contributed by atoms with Crippen molar-refractivity contribution in [2.24, 2.45) is 5.92 Å². The first kappa shape index (κ1) is 16.4. The number of rotatable bonds is 5. The molecule has 24 heavy (non-hydrogen) atoms. The zero-order valence-electron chi connectivity index (χ0n) is 14.1. The average molecular weight is 330 g/mol. The molecular weight excluding hydrogens is 307 g/mol. The molecule has 3 rings (SSSR count). The Bertz CT molecular complexity index is 652. The van der Waals surface area contributed by atoms with Crippen LogP contribution in [0.2, 0.25) is 0 Å². The summed E-state index contributed by atoms with van der Waals surface area (Å²) in [6.45, 7) is 8.47. The zero-order chi connectivity index (χ0) is 16.9. The zero-order valence-corrected chi connectivity index (χ0v) is 14.1. The molecule has 1 aliphatic heterocycles. The van der Waals surface area contributed by atoms with Gasteiger partial charge in [0.2, 0.25) is 5.95 Å². The number of nitrogens with zero attached hydrogens (tertiary/aromatic N) is 5. The molecule has 0 bridgehead atoms. The van der Waals surface area contributed by atoms with E-state index >= 15 is 0 Å². The summed E-state index contributed by atoms with van der Waals surface area (Å²) in [5.74, 6) is 1.75. The first-order valence-corrected chi connectivity index (χ1v) is 8.31. The molecule has 1 saturated heterocycles. The van der Waals surface area contributed by atoms with Crippen LogP contribution < -0.4 is 15.1 Å². The van der Waals surface area contributed by atoms with E-state index in [1.54, 1.807) is 6.20 Å². The highest BCUT2D eigenvalue weighted by atomic mass is 19.1. The fourth-order valence-electron chi connectivity index (χ4n) is 2.64. The highest BCUT2D eigenvalue weighted by Crippen LogP contribution is 2.19. The third-order valence-corrected chi connectivity index (χ3v) is 3.99. The van der Waals surface area contributed by atoms with Gasteiger partial charge in [-0.3, -0.25) is 0 Å². The molecule has 2 heterocycles. The van der Waals surface area contributed by atoms with E-state index in [9.17, 15) is 4.39 Å². The first-order chi connectivity index (χ1) is 11.6. The Balaban J connectivity index is 1.60. The van der Waals surface area contributed by atoms with Gasteiger partial charge in [-0.15, -0.1) is 5.10 Å². The molecule has 0 saturated carbocycles. The van der Waals surface area contributed by atoms with Gasteiger partial charge in [-0.05, 0) is 30.2 Å². The minimum absolute atomic E-state index is 0.206. The molecule has 1 N–H and O–H groups in total. The largest absolute Gasteiger partial charge is 0.368 e. The molecule has 1 aliphatic rings. The Morgan fingerprint density at radius 1 is 1.08 bits per heavy atom. The van der Waals surface area contributed by atoms with Gasteiger partial charge in [0.25, 0.3) is 0 Å². The lowest BCUT2D eigenvalue weighted by atomic mass is 10.2. The first-order valence-electron chi connectivity index (χ1n) is 8.31. The number of aromatic nitrogens is 3. The van der Waals surface area contributed by atoms with Crippen molar-refractivity contribution in [3.05, 3.63) is 36.3 Å². The monoisotopic (exact) mass is 330 g/mol. The molecule has 1 aromatic carbocycles. The topological polar surface area (TPSA) is 57.2 Å². The number of halogens is 1. The molecule has 0 atom stereocenters. The van der Waals surface area contributed by atoms with E-state index in [0.29, 0.717) is 11.9 Å². The second-order valence-corrected chi connectivity index (χ2v) is 6.37. The van der Waals surface area contributed by atoms with E-state index in [1.165, 1.54) is 12.1 Å². The van der Waals surface area contributed by atoms with Crippen molar-refractivity contribution in [3.8, 4) is 0 Å². The van der Waals surface area contributed by atoms with Crippen LogP contribution in [0.1, 0.15) is 13.8 Å². The summed E-state index contributed by atoms with van der Waals surface area (Å²) in [4.78, 5) is 8.92. The van der Waals surface area contributed by atoms with Crippen molar-refractivity contribution < 1.29 is 4.39 Å². The van der Waals surface area contributed by atoms with Gasteiger partial charge in [-0.25, -0.2) is 4.39 Å². The minimum atomic E-state index is -0.206. The molecule has 0 radical (unpaired) electrons. The number of nitrogens with one attached hydrogen (secondary N) is 1. The summed E-state index contributed by atoms with van der Waals surface area (Å²) in [6, 6.07) is 6.64. The van der Waals surface area contributed by atoms with Gasteiger partial charge < -0.3 is 15.1 Å². The van der Waals surface area contributed by atoms with Crippen LogP contribution in [0.4, 0.5) is 21.8 Å². The Kier molecular flexibility index (Phi) is 5.08. The molecule has 0 unspecified atom stereocenters. The molecule has 0 aliphatic carbocycles. The lowest BCUT2D eigenvalue weighted by molar-refractivity contribution is 0.621. The third kappa shape index (κ3) is 4.10. The molecule has 2 aromatic rings. The highest BCUT2D eigenvalue weighted by molar-refractivity contribution is 5.48. The summed E-state index contributed by atoms with van der Waals surface area (Å²) in [6.07, 6.45) is 1.65. The molecule has 1 fully saturated rings. The smallest absolute Gasteiger partial charge is 0.247 e. The summed E-state index contributed by atoms with van der Waals surface area (Å²) in [5, 5.41) is 11.5. The van der Waals surface area contributed by atoms with Gasteiger partial charge in [-0.2, -0.15) is 10.1 Å². The molecule has 128 valence electrons. The molecule has 6 nitrogen and oxygen atoms in total. The standard InChI is InChI=1S/C17H23FN6/c1-13(2)11-19-16-12-20-22-17(21-16)24-9-7-23(8-10-24)15-5-3-14(18)4-6-15/h3-6,12-13H,7-11H2,1-2H3,(H,19,21,22). The molecule has 7 heteroatoms. The Morgan fingerprint density at radius 2 is 1.75 bits per heavy atom. The van der Waals surface area contributed by atoms with Crippen LogP contribution in [0, 0.1) is 11.7 Å². The molecule has 1 aromatic heterocycles. The number of hydrogen-bond donors (Lipinski definition) is 1. The van der Waals surface area contributed by atoms with Crippen molar-refractivity contribution in [2.75, 3.05) is 47.8 Å². The van der Waals surface area contributed by atoms with Gasteiger partial charge in [-0.1, -0.05) is 13.8 Å². The van der Waals surface area contributed by atoms with Crippen molar-refractivity contribution in [1.29, 1.82) is 0 Å².